The number of anilines is 1. The van der Waals surface area contributed by atoms with Gasteiger partial charge in [0.1, 0.15) is 17.9 Å². The summed E-state index contributed by atoms with van der Waals surface area (Å²) in [6.07, 6.45) is 3.25. The molecule has 0 atom stereocenters. The van der Waals surface area contributed by atoms with Crippen molar-refractivity contribution in [3.8, 4) is 11.4 Å². The molecule has 0 aliphatic heterocycles. The number of hydrogen-bond acceptors (Lipinski definition) is 8. The lowest BCUT2D eigenvalue weighted by atomic mass is 10.2. The number of carboxylic acids is 1. The average Bonchev–Trinajstić information content (AvgIpc) is 3.30. The van der Waals surface area contributed by atoms with E-state index in [1.165, 1.54) is 17.5 Å². The SMILES string of the molecule is O=C(O)CNc1nc2ncc(-c3cn(Cc4cc(Cl)c(Cl)c(Cl)c4)nn3)nc2s1. The molecule has 29 heavy (non-hydrogen) atoms. The van der Waals surface area contributed by atoms with Crippen molar-refractivity contribution in [1.82, 2.24) is 29.9 Å². The molecule has 0 saturated carbocycles. The molecule has 4 aromatic rings. The smallest absolute Gasteiger partial charge is 0.322 e. The van der Waals surface area contributed by atoms with Gasteiger partial charge < -0.3 is 10.4 Å². The third-order valence-electron chi connectivity index (χ3n) is 3.70. The van der Waals surface area contributed by atoms with E-state index in [9.17, 15) is 4.79 Å². The van der Waals surface area contributed by atoms with Gasteiger partial charge in [-0.1, -0.05) is 51.4 Å². The van der Waals surface area contributed by atoms with Gasteiger partial charge in [-0.3, -0.25) is 4.79 Å². The first-order valence-corrected chi connectivity index (χ1v) is 9.97. The summed E-state index contributed by atoms with van der Waals surface area (Å²) in [5.41, 5.74) is 2.28. The van der Waals surface area contributed by atoms with E-state index in [2.05, 4.69) is 30.6 Å². The zero-order valence-electron chi connectivity index (χ0n) is 14.3. The van der Waals surface area contributed by atoms with Crippen molar-refractivity contribution in [2.45, 2.75) is 6.54 Å². The maximum atomic E-state index is 10.7. The Bertz CT molecular complexity index is 1200. The number of benzene rings is 1. The predicted octanol–water partition coefficient (Wildman–Crippen LogP) is 3.85. The summed E-state index contributed by atoms with van der Waals surface area (Å²) < 4.78 is 1.61. The van der Waals surface area contributed by atoms with Crippen LogP contribution in [-0.4, -0.2) is 47.6 Å². The molecule has 0 bridgehead atoms. The number of fused-ring (bicyclic) bond motifs is 1. The van der Waals surface area contributed by atoms with E-state index in [4.69, 9.17) is 39.9 Å². The highest BCUT2D eigenvalue weighted by atomic mass is 35.5. The molecule has 0 amide bonds. The molecule has 0 unspecified atom stereocenters. The van der Waals surface area contributed by atoms with Crippen molar-refractivity contribution >= 4 is 67.7 Å². The highest BCUT2D eigenvalue weighted by molar-refractivity contribution is 7.21. The van der Waals surface area contributed by atoms with Crippen LogP contribution in [0.15, 0.2) is 24.5 Å². The van der Waals surface area contributed by atoms with Gasteiger partial charge in [-0.25, -0.2) is 14.6 Å². The van der Waals surface area contributed by atoms with Crippen molar-refractivity contribution in [2.75, 3.05) is 11.9 Å². The van der Waals surface area contributed by atoms with Gasteiger partial charge >= 0.3 is 5.97 Å². The van der Waals surface area contributed by atoms with Crippen LogP contribution in [0, 0.1) is 0 Å². The van der Waals surface area contributed by atoms with Crippen LogP contribution in [0.4, 0.5) is 5.13 Å². The first-order chi connectivity index (χ1) is 13.9. The lowest BCUT2D eigenvalue weighted by molar-refractivity contribution is -0.134. The van der Waals surface area contributed by atoms with Crippen LogP contribution in [0.5, 0.6) is 0 Å². The van der Waals surface area contributed by atoms with Crippen molar-refractivity contribution in [3.63, 3.8) is 0 Å². The van der Waals surface area contributed by atoms with E-state index in [0.29, 0.717) is 48.6 Å². The first-order valence-electron chi connectivity index (χ1n) is 8.02. The Morgan fingerprint density at radius 3 is 2.66 bits per heavy atom. The summed E-state index contributed by atoms with van der Waals surface area (Å²) in [6, 6.07) is 3.43. The third kappa shape index (κ3) is 4.40. The minimum atomic E-state index is -0.981. The van der Waals surface area contributed by atoms with Crippen molar-refractivity contribution in [1.29, 1.82) is 0 Å². The number of hydrogen-bond donors (Lipinski definition) is 2. The fourth-order valence-electron chi connectivity index (χ4n) is 2.45. The fraction of sp³-hybridized carbons (Fsp3) is 0.125. The molecule has 0 aliphatic rings. The van der Waals surface area contributed by atoms with E-state index in [-0.39, 0.29) is 6.54 Å². The van der Waals surface area contributed by atoms with Gasteiger partial charge in [0.15, 0.2) is 15.6 Å². The zero-order valence-corrected chi connectivity index (χ0v) is 17.4. The number of thiazole rings is 1. The number of aromatic nitrogens is 6. The molecular weight excluding hydrogens is 461 g/mol. The summed E-state index contributed by atoms with van der Waals surface area (Å²) in [6.45, 7) is 0.156. The van der Waals surface area contributed by atoms with Crippen LogP contribution in [0.25, 0.3) is 21.9 Å². The summed E-state index contributed by atoms with van der Waals surface area (Å²) in [5.74, 6) is -0.981. The maximum absolute atomic E-state index is 10.7. The summed E-state index contributed by atoms with van der Waals surface area (Å²) in [7, 11) is 0. The largest absolute Gasteiger partial charge is 0.480 e. The second-order valence-electron chi connectivity index (χ2n) is 5.83. The van der Waals surface area contributed by atoms with Crippen LogP contribution in [0.1, 0.15) is 5.56 Å². The second kappa shape index (κ2) is 8.07. The monoisotopic (exact) mass is 469 g/mol. The molecule has 4 rings (SSSR count). The molecule has 0 aliphatic carbocycles. The number of carbonyl (C=O) groups is 1. The Morgan fingerprint density at radius 2 is 1.93 bits per heavy atom. The van der Waals surface area contributed by atoms with Gasteiger partial charge in [0.05, 0.1) is 34.0 Å². The fourth-order valence-corrected chi connectivity index (χ4v) is 3.89. The van der Waals surface area contributed by atoms with Crippen LogP contribution in [0.2, 0.25) is 15.1 Å². The third-order valence-corrected chi connectivity index (χ3v) is 5.80. The molecule has 0 saturated heterocycles. The van der Waals surface area contributed by atoms with Gasteiger partial charge in [0.2, 0.25) is 0 Å². The van der Waals surface area contributed by atoms with Gasteiger partial charge in [0, 0.05) is 0 Å². The Morgan fingerprint density at radius 1 is 1.17 bits per heavy atom. The molecule has 0 radical (unpaired) electrons. The lowest BCUT2D eigenvalue weighted by Crippen LogP contribution is -2.11. The molecule has 1 aromatic carbocycles. The molecule has 148 valence electrons. The second-order valence-corrected chi connectivity index (χ2v) is 8.00. The zero-order chi connectivity index (χ0) is 20.5. The van der Waals surface area contributed by atoms with Crippen molar-refractivity contribution in [2.24, 2.45) is 0 Å². The molecule has 3 aromatic heterocycles. The lowest BCUT2D eigenvalue weighted by Gasteiger charge is -2.05. The average molecular weight is 471 g/mol. The van der Waals surface area contributed by atoms with E-state index in [1.807, 2.05) is 0 Å². The van der Waals surface area contributed by atoms with Crippen molar-refractivity contribution in [3.05, 3.63) is 45.2 Å². The Hall–Kier alpha value is -2.53. The Kier molecular flexibility index (Phi) is 5.50. The molecule has 13 heteroatoms. The van der Waals surface area contributed by atoms with Gasteiger partial charge in [-0.2, -0.15) is 4.98 Å². The Labute approximate surface area is 182 Å². The topological polar surface area (TPSA) is 119 Å². The van der Waals surface area contributed by atoms with E-state index in [0.717, 1.165) is 5.56 Å². The summed E-state index contributed by atoms with van der Waals surface area (Å²) >= 11 is 19.3. The number of carboxylic acid groups (broad SMARTS) is 1. The quantitative estimate of drug-likeness (QED) is 0.408. The van der Waals surface area contributed by atoms with Crippen LogP contribution in [-0.2, 0) is 11.3 Å². The molecule has 0 fully saturated rings. The van der Waals surface area contributed by atoms with E-state index >= 15 is 0 Å². The highest BCUT2D eigenvalue weighted by Crippen LogP contribution is 2.31. The summed E-state index contributed by atoms with van der Waals surface area (Å²) in [4.78, 5) is 24.2. The van der Waals surface area contributed by atoms with Gasteiger partial charge in [-0.15, -0.1) is 5.10 Å². The standard InChI is InChI=1S/C16H10Cl3N7O2S/c17-8-1-7(2-9(18)13(8)19)5-26-6-11(24-25-26)10-3-20-14-15(22-10)29-16(23-14)21-4-12(27)28/h1-3,6H,4-5H2,(H,27,28)(H,20,21,23). The molecule has 0 spiro atoms. The number of nitrogens with zero attached hydrogens (tertiary/aromatic N) is 6. The Balaban J connectivity index is 1.55. The van der Waals surface area contributed by atoms with Gasteiger partial charge in [-0.05, 0) is 17.7 Å². The number of halogens is 3. The number of rotatable bonds is 6. The number of nitrogens with one attached hydrogen (secondary N) is 1. The molecular formula is C16H10Cl3N7O2S. The van der Waals surface area contributed by atoms with Crippen molar-refractivity contribution < 1.29 is 9.90 Å². The first kappa shape index (κ1) is 19.8. The van der Waals surface area contributed by atoms with Crippen LogP contribution in [0.3, 0.4) is 0 Å². The minimum absolute atomic E-state index is 0.236. The molecule has 3 heterocycles. The minimum Gasteiger partial charge on any atom is -0.480 e. The highest BCUT2D eigenvalue weighted by Gasteiger charge is 2.13. The summed E-state index contributed by atoms with van der Waals surface area (Å²) in [5, 5.41) is 21.1. The van der Waals surface area contributed by atoms with E-state index < -0.39 is 5.97 Å². The maximum Gasteiger partial charge on any atom is 0.322 e. The van der Waals surface area contributed by atoms with Crippen LogP contribution < -0.4 is 5.32 Å². The van der Waals surface area contributed by atoms with Crippen LogP contribution >= 0.6 is 46.1 Å². The van der Waals surface area contributed by atoms with E-state index in [1.54, 1.807) is 23.0 Å². The van der Waals surface area contributed by atoms with Gasteiger partial charge in [0.25, 0.3) is 0 Å². The number of aliphatic carboxylic acids is 1. The normalized spacial score (nSPS) is 11.1. The predicted molar refractivity (Wildman–Crippen MR) is 111 cm³/mol. The molecule has 2 N–H and O–H groups in total. The molecule has 9 nitrogen and oxygen atoms in total.